The molecule has 0 bridgehead atoms. The van der Waals surface area contributed by atoms with Crippen molar-refractivity contribution in [1.29, 1.82) is 0 Å². The molecule has 0 amide bonds. The van der Waals surface area contributed by atoms with Crippen LogP contribution < -0.4 is 0 Å². The Morgan fingerprint density at radius 3 is 1.62 bits per heavy atom. The lowest BCUT2D eigenvalue weighted by molar-refractivity contribution is 0.185. The fourth-order valence-corrected chi connectivity index (χ4v) is 3.49. The lowest BCUT2D eigenvalue weighted by atomic mass is 9.92. The van der Waals surface area contributed by atoms with Crippen molar-refractivity contribution in [3.63, 3.8) is 0 Å². The molecule has 0 aliphatic heterocycles. The molecule has 1 heteroatoms. The molecule has 0 spiro atoms. The van der Waals surface area contributed by atoms with Crippen molar-refractivity contribution >= 4 is 10.8 Å². The highest BCUT2D eigenvalue weighted by Crippen LogP contribution is 2.34. The number of methoxy groups -OCH3 is 1. The Morgan fingerprint density at radius 2 is 1.12 bits per heavy atom. The van der Waals surface area contributed by atoms with Crippen LogP contribution >= 0.6 is 0 Å². The van der Waals surface area contributed by atoms with Gasteiger partial charge in [0, 0.05) is 7.11 Å². The predicted molar refractivity (Wildman–Crippen MR) is 110 cm³/mol. The summed E-state index contributed by atoms with van der Waals surface area (Å²) in [6.45, 7) is 2.77. The highest BCUT2D eigenvalue weighted by Gasteiger charge is 2.08. The van der Waals surface area contributed by atoms with Crippen LogP contribution in [-0.4, -0.2) is 7.11 Å². The van der Waals surface area contributed by atoms with Gasteiger partial charge >= 0.3 is 0 Å². The number of hydrogen-bond donors (Lipinski definition) is 0. The molecule has 0 fully saturated rings. The second-order valence-electron chi connectivity index (χ2n) is 6.70. The summed E-state index contributed by atoms with van der Waals surface area (Å²) >= 11 is 0. The summed E-state index contributed by atoms with van der Waals surface area (Å²) in [5, 5.41) is 2.57. The quantitative estimate of drug-likeness (QED) is 0.406. The van der Waals surface area contributed by atoms with Crippen LogP contribution in [-0.2, 0) is 11.3 Å². The smallest absolute Gasteiger partial charge is 0.0713 e. The zero-order valence-electron chi connectivity index (χ0n) is 15.2. The third-order valence-electron chi connectivity index (χ3n) is 4.86. The SMILES string of the molecule is COCc1ccc(-c2cccc3c(-c4ccc(C)cc4)cccc23)cc1. The van der Waals surface area contributed by atoms with Crippen molar-refractivity contribution in [1.82, 2.24) is 0 Å². The van der Waals surface area contributed by atoms with Crippen LogP contribution in [0.3, 0.4) is 0 Å². The Labute approximate surface area is 154 Å². The molecule has 0 saturated heterocycles. The van der Waals surface area contributed by atoms with E-state index in [0.29, 0.717) is 6.61 Å². The van der Waals surface area contributed by atoms with Gasteiger partial charge in [0.25, 0.3) is 0 Å². The molecule has 4 aromatic carbocycles. The van der Waals surface area contributed by atoms with E-state index in [-0.39, 0.29) is 0 Å². The molecule has 128 valence electrons. The van der Waals surface area contributed by atoms with E-state index in [9.17, 15) is 0 Å². The molecular weight excluding hydrogens is 316 g/mol. The third-order valence-corrected chi connectivity index (χ3v) is 4.86. The molecule has 0 aliphatic rings. The molecule has 1 nitrogen and oxygen atoms in total. The second-order valence-corrected chi connectivity index (χ2v) is 6.70. The first-order valence-corrected chi connectivity index (χ1v) is 8.93. The zero-order chi connectivity index (χ0) is 17.9. The Balaban J connectivity index is 1.85. The summed E-state index contributed by atoms with van der Waals surface area (Å²) in [6, 6.07) is 30.5. The van der Waals surface area contributed by atoms with Crippen LogP contribution in [0.2, 0.25) is 0 Å². The van der Waals surface area contributed by atoms with Gasteiger partial charge in [-0.2, -0.15) is 0 Å². The summed E-state index contributed by atoms with van der Waals surface area (Å²) in [7, 11) is 1.73. The summed E-state index contributed by atoms with van der Waals surface area (Å²) in [5.74, 6) is 0. The van der Waals surface area contributed by atoms with E-state index >= 15 is 0 Å². The van der Waals surface area contributed by atoms with Gasteiger partial charge in [-0.15, -0.1) is 0 Å². The highest BCUT2D eigenvalue weighted by molar-refractivity contribution is 6.04. The summed E-state index contributed by atoms with van der Waals surface area (Å²) in [4.78, 5) is 0. The summed E-state index contributed by atoms with van der Waals surface area (Å²) in [5.41, 5.74) is 7.51. The first kappa shape index (κ1) is 16.6. The fraction of sp³-hybridized carbons (Fsp3) is 0.120. The van der Waals surface area contributed by atoms with Crippen molar-refractivity contribution in [2.45, 2.75) is 13.5 Å². The van der Waals surface area contributed by atoms with Gasteiger partial charge < -0.3 is 4.74 Å². The summed E-state index contributed by atoms with van der Waals surface area (Å²) in [6.07, 6.45) is 0. The van der Waals surface area contributed by atoms with Gasteiger partial charge in [-0.05, 0) is 45.5 Å². The average Bonchev–Trinajstić information content (AvgIpc) is 2.69. The molecule has 0 unspecified atom stereocenters. The van der Waals surface area contributed by atoms with Gasteiger partial charge in [0.15, 0.2) is 0 Å². The maximum Gasteiger partial charge on any atom is 0.0713 e. The molecule has 0 atom stereocenters. The van der Waals surface area contributed by atoms with Crippen molar-refractivity contribution < 1.29 is 4.74 Å². The predicted octanol–water partition coefficient (Wildman–Crippen LogP) is 6.63. The molecule has 0 heterocycles. The Kier molecular flexibility index (Phi) is 4.55. The maximum absolute atomic E-state index is 5.22. The van der Waals surface area contributed by atoms with Crippen LogP contribution in [0.5, 0.6) is 0 Å². The molecule has 0 aliphatic carbocycles. The maximum atomic E-state index is 5.22. The minimum Gasteiger partial charge on any atom is -0.380 e. The van der Waals surface area contributed by atoms with Crippen LogP contribution in [0.4, 0.5) is 0 Å². The molecule has 4 rings (SSSR count). The van der Waals surface area contributed by atoms with Crippen LogP contribution in [0, 0.1) is 6.92 Å². The molecule has 0 N–H and O–H groups in total. The molecule has 0 aromatic heterocycles. The van der Waals surface area contributed by atoms with E-state index < -0.39 is 0 Å². The summed E-state index contributed by atoms with van der Waals surface area (Å²) < 4.78 is 5.22. The monoisotopic (exact) mass is 338 g/mol. The van der Waals surface area contributed by atoms with Gasteiger partial charge in [0.2, 0.25) is 0 Å². The Morgan fingerprint density at radius 1 is 0.615 bits per heavy atom. The minimum absolute atomic E-state index is 0.646. The number of rotatable bonds is 4. The van der Waals surface area contributed by atoms with Gasteiger partial charge in [-0.1, -0.05) is 90.5 Å². The van der Waals surface area contributed by atoms with Gasteiger partial charge in [-0.3, -0.25) is 0 Å². The van der Waals surface area contributed by atoms with E-state index in [0.717, 1.165) is 0 Å². The largest absolute Gasteiger partial charge is 0.380 e. The van der Waals surface area contributed by atoms with Crippen LogP contribution in [0.25, 0.3) is 33.0 Å². The van der Waals surface area contributed by atoms with E-state index in [1.807, 2.05) is 0 Å². The first-order chi connectivity index (χ1) is 12.8. The van der Waals surface area contributed by atoms with E-state index in [1.165, 1.54) is 44.2 Å². The molecule has 26 heavy (non-hydrogen) atoms. The minimum atomic E-state index is 0.646. The van der Waals surface area contributed by atoms with Crippen molar-refractivity contribution in [3.05, 3.63) is 96.1 Å². The van der Waals surface area contributed by atoms with E-state index in [2.05, 4.69) is 91.9 Å². The van der Waals surface area contributed by atoms with E-state index in [1.54, 1.807) is 7.11 Å². The zero-order valence-corrected chi connectivity index (χ0v) is 15.2. The topological polar surface area (TPSA) is 9.23 Å². The van der Waals surface area contributed by atoms with Crippen LogP contribution in [0.15, 0.2) is 84.9 Å². The normalized spacial score (nSPS) is 11.0. The Hall–Kier alpha value is -2.90. The van der Waals surface area contributed by atoms with Crippen molar-refractivity contribution in [2.75, 3.05) is 7.11 Å². The number of fused-ring (bicyclic) bond motifs is 1. The molecule has 4 aromatic rings. The standard InChI is InChI=1S/C25H22O/c1-18-9-13-20(14-10-18)22-5-3-8-25-23(6-4-7-24(22)25)21-15-11-19(12-16-21)17-26-2/h3-16H,17H2,1-2H3. The highest BCUT2D eigenvalue weighted by atomic mass is 16.5. The van der Waals surface area contributed by atoms with Crippen molar-refractivity contribution in [2.24, 2.45) is 0 Å². The van der Waals surface area contributed by atoms with Gasteiger partial charge in [0.1, 0.15) is 0 Å². The first-order valence-electron chi connectivity index (χ1n) is 8.93. The second kappa shape index (κ2) is 7.15. The van der Waals surface area contributed by atoms with Crippen molar-refractivity contribution in [3.8, 4) is 22.3 Å². The number of ether oxygens (including phenoxy) is 1. The third kappa shape index (κ3) is 3.14. The fourth-order valence-electron chi connectivity index (χ4n) is 3.49. The number of benzene rings is 4. The lowest BCUT2D eigenvalue weighted by Crippen LogP contribution is -1.88. The van der Waals surface area contributed by atoms with E-state index in [4.69, 9.17) is 4.74 Å². The molecular formula is C25H22O. The van der Waals surface area contributed by atoms with Gasteiger partial charge in [-0.25, -0.2) is 0 Å². The molecule has 0 radical (unpaired) electrons. The van der Waals surface area contributed by atoms with Gasteiger partial charge in [0.05, 0.1) is 6.61 Å². The van der Waals surface area contributed by atoms with Crippen LogP contribution in [0.1, 0.15) is 11.1 Å². The number of hydrogen-bond acceptors (Lipinski definition) is 1. The molecule has 0 saturated carbocycles. The average molecular weight is 338 g/mol. The lowest BCUT2D eigenvalue weighted by Gasteiger charge is -2.12. The Bertz CT molecular complexity index is 1030. The number of aryl methyl sites for hydroxylation is 1.